The van der Waals surface area contributed by atoms with Crippen LogP contribution in [0.4, 0.5) is 23.1 Å². The summed E-state index contributed by atoms with van der Waals surface area (Å²) >= 11 is 0. The predicted molar refractivity (Wildman–Crippen MR) is 97.9 cm³/mol. The van der Waals surface area contributed by atoms with Gasteiger partial charge in [-0.05, 0) is 37.1 Å². The third-order valence-corrected chi connectivity index (χ3v) is 4.35. The molecule has 0 spiro atoms. The summed E-state index contributed by atoms with van der Waals surface area (Å²) in [5.74, 6) is 1.96. The van der Waals surface area contributed by atoms with Crippen LogP contribution in [0.15, 0.2) is 54.7 Å². The summed E-state index contributed by atoms with van der Waals surface area (Å²) in [6.07, 6.45) is 2.70. The second-order valence-electron chi connectivity index (χ2n) is 6.02. The summed E-state index contributed by atoms with van der Waals surface area (Å²) in [6, 6.07) is 16.4. The summed E-state index contributed by atoms with van der Waals surface area (Å²) < 4.78 is 5.36. The Balaban J connectivity index is 1.66. The van der Waals surface area contributed by atoms with Crippen molar-refractivity contribution in [3.63, 3.8) is 0 Å². The molecule has 2 heterocycles. The van der Waals surface area contributed by atoms with Gasteiger partial charge >= 0.3 is 0 Å². The van der Waals surface area contributed by atoms with Gasteiger partial charge in [-0.2, -0.15) is 10.1 Å². The van der Waals surface area contributed by atoms with E-state index in [1.807, 2.05) is 30.3 Å². The molecule has 0 saturated carbocycles. The van der Waals surface area contributed by atoms with E-state index in [9.17, 15) is 0 Å². The Morgan fingerprint density at radius 3 is 2.80 bits per heavy atom. The van der Waals surface area contributed by atoms with Crippen LogP contribution in [0.2, 0.25) is 0 Å². The first-order valence-corrected chi connectivity index (χ1v) is 8.23. The van der Waals surface area contributed by atoms with E-state index >= 15 is 0 Å². The van der Waals surface area contributed by atoms with Crippen molar-refractivity contribution in [2.24, 2.45) is 0 Å². The van der Waals surface area contributed by atoms with Crippen molar-refractivity contribution in [2.45, 2.75) is 19.4 Å². The number of benzene rings is 2. The number of fused-ring (bicyclic) bond motifs is 1. The average Bonchev–Trinajstić information content (AvgIpc) is 2.98. The van der Waals surface area contributed by atoms with Crippen molar-refractivity contribution in [3.8, 4) is 5.75 Å². The number of hydrogen-bond donors (Lipinski definition) is 1. The highest BCUT2D eigenvalue weighted by molar-refractivity contribution is 5.69. The summed E-state index contributed by atoms with van der Waals surface area (Å²) in [7, 11) is 1.64. The number of nitrogens with zero attached hydrogens (tertiary/aromatic N) is 4. The number of ether oxygens (including phenoxy) is 1. The van der Waals surface area contributed by atoms with E-state index in [0.29, 0.717) is 12.0 Å². The number of aromatic nitrogens is 3. The van der Waals surface area contributed by atoms with Gasteiger partial charge in [-0.25, -0.2) is 0 Å². The molecule has 0 amide bonds. The van der Waals surface area contributed by atoms with E-state index in [4.69, 9.17) is 4.74 Å². The molecular weight excluding hydrogens is 314 g/mol. The summed E-state index contributed by atoms with van der Waals surface area (Å²) in [6.45, 7) is 2.19. The van der Waals surface area contributed by atoms with Crippen LogP contribution in [-0.4, -0.2) is 28.3 Å². The zero-order valence-electron chi connectivity index (χ0n) is 14.2. The van der Waals surface area contributed by atoms with Crippen molar-refractivity contribution in [2.75, 3.05) is 17.3 Å². The van der Waals surface area contributed by atoms with Gasteiger partial charge in [0.2, 0.25) is 5.95 Å². The highest BCUT2D eigenvalue weighted by Crippen LogP contribution is 2.37. The zero-order chi connectivity index (χ0) is 17.2. The number of methoxy groups -OCH3 is 1. The molecule has 0 fully saturated rings. The van der Waals surface area contributed by atoms with Crippen LogP contribution in [0.3, 0.4) is 0 Å². The summed E-state index contributed by atoms with van der Waals surface area (Å²) in [4.78, 5) is 6.87. The lowest BCUT2D eigenvalue weighted by Crippen LogP contribution is -2.25. The average molecular weight is 333 g/mol. The van der Waals surface area contributed by atoms with E-state index in [0.717, 1.165) is 23.7 Å². The standard InChI is InChI=1S/C19H19N5O/c1-13-11-14-7-3-5-9-16(14)24(13)18-12-20-23-19(22-18)21-15-8-4-6-10-17(15)25-2/h3-10,12-13H,11H2,1-2H3,(H,21,22,23). The predicted octanol–water partition coefficient (Wildman–Crippen LogP) is 3.71. The van der Waals surface area contributed by atoms with Gasteiger partial charge in [-0.3, -0.25) is 0 Å². The fraction of sp³-hybridized carbons (Fsp3) is 0.211. The monoisotopic (exact) mass is 333 g/mol. The van der Waals surface area contributed by atoms with Crippen molar-refractivity contribution >= 4 is 23.1 Å². The Bertz CT molecular complexity index is 898. The van der Waals surface area contributed by atoms with Crippen LogP contribution in [-0.2, 0) is 6.42 Å². The highest BCUT2D eigenvalue weighted by Gasteiger charge is 2.28. The third kappa shape index (κ3) is 2.87. The number of anilines is 4. The van der Waals surface area contributed by atoms with Crippen LogP contribution in [0.1, 0.15) is 12.5 Å². The smallest absolute Gasteiger partial charge is 0.249 e. The fourth-order valence-corrected chi connectivity index (χ4v) is 3.25. The van der Waals surface area contributed by atoms with Crippen LogP contribution in [0.25, 0.3) is 0 Å². The van der Waals surface area contributed by atoms with Gasteiger partial charge in [-0.1, -0.05) is 30.3 Å². The van der Waals surface area contributed by atoms with Crippen LogP contribution >= 0.6 is 0 Å². The molecule has 6 nitrogen and oxygen atoms in total. The minimum Gasteiger partial charge on any atom is -0.495 e. The lowest BCUT2D eigenvalue weighted by molar-refractivity contribution is 0.417. The lowest BCUT2D eigenvalue weighted by atomic mass is 10.1. The van der Waals surface area contributed by atoms with Crippen molar-refractivity contribution in [1.82, 2.24) is 15.2 Å². The maximum absolute atomic E-state index is 5.36. The molecule has 1 aliphatic heterocycles. The molecule has 0 saturated heterocycles. The summed E-state index contributed by atoms with van der Waals surface area (Å²) in [5, 5.41) is 11.4. The van der Waals surface area contributed by atoms with Gasteiger partial charge < -0.3 is 15.0 Å². The lowest BCUT2D eigenvalue weighted by Gasteiger charge is -2.23. The Hall–Kier alpha value is -3.15. The topological polar surface area (TPSA) is 63.2 Å². The van der Waals surface area contributed by atoms with Crippen LogP contribution < -0.4 is 15.0 Å². The number of hydrogen-bond acceptors (Lipinski definition) is 6. The molecule has 1 unspecified atom stereocenters. The van der Waals surface area contributed by atoms with Crippen molar-refractivity contribution < 1.29 is 4.74 Å². The molecule has 1 atom stereocenters. The van der Waals surface area contributed by atoms with Gasteiger partial charge in [0.15, 0.2) is 5.82 Å². The molecule has 25 heavy (non-hydrogen) atoms. The van der Waals surface area contributed by atoms with Gasteiger partial charge in [0.1, 0.15) is 5.75 Å². The van der Waals surface area contributed by atoms with E-state index in [1.165, 1.54) is 11.3 Å². The van der Waals surface area contributed by atoms with E-state index < -0.39 is 0 Å². The maximum atomic E-state index is 5.36. The molecule has 0 bridgehead atoms. The SMILES string of the molecule is COc1ccccc1Nc1nncc(N2c3ccccc3CC2C)n1. The third-order valence-electron chi connectivity index (χ3n) is 4.35. The Morgan fingerprint density at radius 1 is 1.12 bits per heavy atom. The van der Waals surface area contributed by atoms with Gasteiger partial charge in [-0.15, -0.1) is 5.10 Å². The molecule has 4 rings (SSSR count). The van der Waals surface area contributed by atoms with Gasteiger partial charge in [0.05, 0.1) is 19.0 Å². The first-order valence-electron chi connectivity index (χ1n) is 8.23. The highest BCUT2D eigenvalue weighted by atomic mass is 16.5. The fourth-order valence-electron chi connectivity index (χ4n) is 3.25. The van der Waals surface area contributed by atoms with E-state index in [2.05, 4.69) is 50.5 Å². The van der Waals surface area contributed by atoms with Gasteiger partial charge in [0, 0.05) is 11.7 Å². The van der Waals surface area contributed by atoms with Gasteiger partial charge in [0.25, 0.3) is 0 Å². The largest absolute Gasteiger partial charge is 0.495 e. The first-order chi connectivity index (χ1) is 12.3. The van der Waals surface area contributed by atoms with Crippen molar-refractivity contribution in [1.29, 1.82) is 0 Å². The van der Waals surface area contributed by atoms with E-state index in [-0.39, 0.29) is 0 Å². The molecule has 1 N–H and O–H groups in total. The molecule has 6 heteroatoms. The number of rotatable bonds is 4. The molecule has 0 aliphatic carbocycles. The Morgan fingerprint density at radius 2 is 1.92 bits per heavy atom. The minimum absolute atomic E-state index is 0.327. The maximum Gasteiger partial charge on any atom is 0.249 e. The molecule has 0 radical (unpaired) electrons. The first kappa shape index (κ1) is 15.4. The van der Waals surface area contributed by atoms with E-state index in [1.54, 1.807) is 13.3 Å². The Kier molecular flexibility index (Phi) is 3.93. The van der Waals surface area contributed by atoms with Crippen LogP contribution in [0, 0.1) is 0 Å². The second kappa shape index (κ2) is 6.39. The molecule has 1 aromatic heterocycles. The molecule has 1 aliphatic rings. The summed E-state index contributed by atoms with van der Waals surface area (Å²) in [5.41, 5.74) is 3.31. The molecule has 126 valence electrons. The molecular formula is C19H19N5O. The zero-order valence-corrected chi connectivity index (χ0v) is 14.2. The Labute approximate surface area is 146 Å². The van der Waals surface area contributed by atoms with Crippen molar-refractivity contribution in [3.05, 3.63) is 60.3 Å². The molecule has 2 aromatic carbocycles. The second-order valence-corrected chi connectivity index (χ2v) is 6.02. The van der Waals surface area contributed by atoms with Crippen LogP contribution in [0.5, 0.6) is 5.75 Å². The molecule has 3 aromatic rings. The normalized spacial score (nSPS) is 15.8. The quantitative estimate of drug-likeness (QED) is 0.785. The minimum atomic E-state index is 0.327. The number of nitrogens with one attached hydrogen (secondary N) is 1. The number of para-hydroxylation sites is 3.